The van der Waals surface area contributed by atoms with Gasteiger partial charge < -0.3 is 0 Å². The fourth-order valence-corrected chi connectivity index (χ4v) is 4.32. The van der Waals surface area contributed by atoms with Gasteiger partial charge in [0.15, 0.2) is 0 Å². The molecule has 1 saturated carbocycles. The van der Waals surface area contributed by atoms with Gasteiger partial charge >= 0.3 is 6.18 Å². The molecule has 0 aromatic heterocycles. The highest BCUT2D eigenvalue weighted by molar-refractivity contribution is 5.69. The summed E-state index contributed by atoms with van der Waals surface area (Å²) in [6.45, 7) is 2.20. The topological polar surface area (TPSA) is 0 Å². The Morgan fingerprint density at radius 2 is 1.50 bits per heavy atom. The summed E-state index contributed by atoms with van der Waals surface area (Å²) in [5.74, 6) is -3.48. The first-order chi connectivity index (χ1) is 14.2. The lowest BCUT2D eigenvalue weighted by atomic mass is 9.77. The molecule has 2 aromatic rings. The van der Waals surface area contributed by atoms with Crippen LogP contribution in [0.15, 0.2) is 42.5 Å². The lowest BCUT2D eigenvalue weighted by molar-refractivity contribution is -0.0798. The predicted molar refractivity (Wildman–Crippen MR) is 107 cm³/mol. The van der Waals surface area contributed by atoms with Crippen LogP contribution in [0.2, 0.25) is 0 Å². The lowest BCUT2D eigenvalue weighted by Gasteiger charge is -2.28. The van der Waals surface area contributed by atoms with Crippen LogP contribution in [0.1, 0.15) is 62.5 Å². The molecule has 0 aliphatic heterocycles. The van der Waals surface area contributed by atoms with Crippen LogP contribution in [-0.2, 0) is 0 Å². The van der Waals surface area contributed by atoms with Crippen molar-refractivity contribution in [2.24, 2.45) is 5.92 Å². The van der Waals surface area contributed by atoms with Crippen LogP contribution in [0.5, 0.6) is 0 Å². The van der Waals surface area contributed by atoms with Gasteiger partial charge in [-0.15, -0.1) is 0 Å². The van der Waals surface area contributed by atoms with Crippen LogP contribution >= 0.6 is 0 Å². The van der Waals surface area contributed by atoms with E-state index in [0.29, 0.717) is 11.5 Å². The van der Waals surface area contributed by atoms with E-state index in [1.54, 1.807) is 12.1 Å². The minimum Gasteiger partial charge on any atom is -0.206 e. The molecular formula is C24H24F6. The molecule has 162 valence electrons. The van der Waals surface area contributed by atoms with Crippen molar-refractivity contribution < 1.29 is 26.3 Å². The number of hydrogen-bond acceptors (Lipinski definition) is 0. The van der Waals surface area contributed by atoms with Crippen LogP contribution in [0.25, 0.3) is 17.0 Å². The molecule has 30 heavy (non-hydrogen) atoms. The molecule has 6 heteroatoms. The van der Waals surface area contributed by atoms with E-state index >= 15 is 0 Å². The van der Waals surface area contributed by atoms with E-state index in [1.165, 1.54) is 31.2 Å². The molecule has 0 N–H and O–H groups in total. The highest BCUT2D eigenvalue weighted by Gasteiger charge is 2.28. The molecule has 0 bridgehead atoms. The Kier molecular flexibility index (Phi) is 6.94. The summed E-state index contributed by atoms with van der Waals surface area (Å²) in [5, 5.41) is 0. The third kappa shape index (κ3) is 5.46. The average molecular weight is 426 g/mol. The number of halogens is 6. The molecule has 2 aromatic carbocycles. The number of rotatable bonds is 5. The van der Waals surface area contributed by atoms with E-state index in [-0.39, 0.29) is 5.56 Å². The molecule has 1 fully saturated rings. The highest BCUT2D eigenvalue weighted by atomic mass is 19.4. The largest absolute Gasteiger partial charge is 0.412 e. The lowest BCUT2D eigenvalue weighted by Crippen LogP contribution is -2.13. The summed E-state index contributed by atoms with van der Waals surface area (Å²) in [6, 6.07) is 9.04. The highest BCUT2D eigenvalue weighted by Crippen LogP contribution is 2.38. The van der Waals surface area contributed by atoms with E-state index in [4.69, 9.17) is 0 Å². The van der Waals surface area contributed by atoms with Crippen LogP contribution in [-0.4, -0.2) is 6.18 Å². The Morgan fingerprint density at radius 3 is 2.00 bits per heavy atom. The molecule has 0 nitrogen and oxygen atoms in total. The van der Waals surface area contributed by atoms with Gasteiger partial charge in [0.1, 0.15) is 17.5 Å². The number of allylic oxidation sites excluding steroid dienone is 1. The van der Waals surface area contributed by atoms with E-state index in [0.717, 1.165) is 30.9 Å². The Bertz CT molecular complexity index is 864. The van der Waals surface area contributed by atoms with Gasteiger partial charge in [0.2, 0.25) is 0 Å². The SMILES string of the molecule is CCCC1CCC(c2ccc(-c3cc(F)c(/C(F)=C/C(F)(F)F)c(F)c3)cc2)CC1. The maximum atomic E-state index is 14.2. The van der Waals surface area contributed by atoms with E-state index in [9.17, 15) is 26.3 Å². The first-order valence-electron chi connectivity index (χ1n) is 10.2. The van der Waals surface area contributed by atoms with Crippen molar-refractivity contribution in [3.63, 3.8) is 0 Å². The Balaban J connectivity index is 1.78. The second-order valence-electron chi connectivity index (χ2n) is 7.98. The Hall–Kier alpha value is -2.24. The van der Waals surface area contributed by atoms with Gasteiger partial charge in [-0.05, 0) is 66.3 Å². The minimum atomic E-state index is -5.01. The molecule has 0 amide bonds. The molecule has 0 unspecified atom stereocenters. The maximum Gasteiger partial charge on any atom is 0.412 e. The summed E-state index contributed by atoms with van der Waals surface area (Å²) >= 11 is 0. The smallest absolute Gasteiger partial charge is 0.206 e. The Morgan fingerprint density at radius 1 is 0.933 bits per heavy atom. The standard InChI is InChI=1S/C24H24F6/c1-2-3-15-4-6-16(7-5-15)17-8-10-18(11-9-17)19-12-20(25)23(21(26)13-19)22(27)14-24(28,29)30/h8-16H,2-7H2,1H3/b22-14-. The second-order valence-corrected chi connectivity index (χ2v) is 7.98. The Labute approximate surface area is 172 Å². The summed E-state index contributed by atoms with van der Waals surface area (Å²) in [7, 11) is 0. The molecule has 1 aliphatic rings. The van der Waals surface area contributed by atoms with Crippen LogP contribution in [0.3, 0.4) is 0 Å². The summed E-state index contributed by atoms with van der Waals surface area (Å²) < 4.78 is 79.0. The van der Waals surface area contributed by atoms with Crippen molar-refractivity contribution in [2.75, 3.05) is 0 Å². The number of alkyl halides is 3. The van der Waals surface area contributed by atoms with Crippen LogP contribution < -0.4 is 0 Å². The van der Waals surface area contributed by atoms with Gasteiger partial charge in [0, 0.05) is 0 Å². The van der Waals surface area contributed by atoms with Gasteiger partial charge in [-0.2, -0.15) is 13.2 Å². The first-order valence-corrected chi connectivity index (χ1v) is 10.2. The van der Waals surface area contributed by atoms with Crippen molar-refractivity contribution >= 4 is 5.83 Å². The first kappa shape index (κ1) is 22.4. The van der Waals surface area contributed by atoms with Gasteiger partial charge in [-0.1, -0.05) is 44.0 Å². The van der Waals surface area contributed by atoms with E-state index in [2.05, 4.69) is 6.92 Å². The molecule has 0 atom stereocenters. The van der Waals surface area contributed by atoms with Crippen molar-refractivity contribution in [1.29, 1.82) is 0 Å². The third-order valence-electron chi connectivity index (χ3n) is 5.83. The fraction of sp³-hybridized carbons (Fsp3) is 0.417. The zero-order valence-electron chi connectivity index (χ0n) is 16.7. The van der Waals surface area contributed by atoms with Gasteiger partial charge in [0.05, 0.1) is 11.6 Å². The minimum absolute atomic E-state index is 0.145. The van der Waals surface area contributed by atoms with Gasteiger partial charge in [-0.3, -0.25) is 0 Å². The van der Waals surface area contributed by atoms with Crippen LogP contribution in [0.4, 0.5) is 26.3 Å². The van der Waals surface area contributed by atoms with Gasteiger partial charge in [0.25, 0.3) is 0 Å². The zero-order valence-corrected chi connectivity index (χ0v) is 16.7. The van der Waals surface area contributed by atoms with Crippen LogP contribution in [0, 0.1) is 17.6 Å². The fourth-order valence-electron chi connectivity index (χ4n) is 4.32. The van der Waals surface area contributed by atoms with Crippen molar-refractivity contribution in [3.05, 3.63) is 65.2 Å². The molecule has 0 radical (unpaired) electrons. The average Bonchev–Trinajstić information content (AvgIpc) is 2.67. The zero-order chi connectivity index (χ0) is 21.9. The van der Waals surface area contributed by atoms with Crippen molar-refractivity contribution in [1.82, 2.24) is 0 Å². The molecular weight excluding hydrogens is 402 g/mol. The van der Waals surface area contributed by atoms with Crippen molar-refractivity contribution in [2.45, 2.75) is 57.5 Å². The monoisotopic (exact) mass is 426 g/mol. The molecule has 0 spiro atoms. The number of benzene rings is 2. The predicted octanol–water partition coefficient (Wildman–Crippen LogP) is 8.58. The van der Waals surface area contributed by atoms with E-state index in [1.807, 2.05) is 12.1 Å². The van der Waals surface area contributed by atoms with E-state index < -0.39 is 35.3 Å². The third-order valence-corrected chi connectivity index (χ3v) is 5.83. The summed E-state index contributed by atoms with van der Waals surface area (Å²) in [6.07, 6.45) is 1.35. The van der Waals surface area contributed by atoms with Crippen molar-refractivity contribution in [3.8, 4) is 11.1 Å². The molecule has 1 aliphatic carbocycles. The maximum absolute atomic E-state index is 14.2. The summed E-state index contributed by atoms with van der Waals surface area (Å²) in [4.78, 5) is 0. The molecule has 3 rings (SSSR count). The molecule has 0 heterocycles. The summed E-state index contributed by atoms with van der Waals surface area (Å²) in [5.41, 5.74) is 0.525. The second kappa shape index (κ2) is 9.27. The number of hydrogen-bond donors (Lipinski definition) is 0. The quantitative estimate of drug-likeness (QED) is 0.420. The molecule has 0 saturated heterocycles. The normalized spacial score (nSPS) is 20.4. The van der Waals surface area contributed by atoms with Gasteiger partial charge in [-0.25, -0.2) is 13.2 Å².